The van der Waals surface area contributed by atoms with Gasteiger partial charge in [0.25, 0.3) is 17.7 Å². The molecule has 0 atom stereocenters. The lowest BCUT2D eigenvalue weighted by atomic mass is 9.85. The molecule has 8 nitrogen and oxygen atoms in total. The molecule has 33 heavy (non-hydrogen) atoms. The zero-order chi connectivity index (χ0) is 22.5. The van der Waals surface area contributed by atoms with Crippen molar-refractivity contribution >= 4 is 34.4 Å². The van der Waals surface area contributed by atoms with E-state index in [1.807, 2.05) is 12.1 Å². The van der Waals surface area contributed by atoms with Gasteiger partial charge in [0, 0.05) is 17.2 Å². The fourth-order valence-electron chi connectivity index (χ4n) is 4.32. The van der Waals surface area contributed by atoms with Crippen molar-refractivity contribution in [2.45, 2.75) is 31.7 Å². The minimum absolute atomic E-state index is 0.0495. The Morgan fingerprint density at radius 2 is 1.94 bits per heavy atom. The quantitative estimate of drug-likeness (QED) is 0.445. The van der Waals surface area contributed by atoms with Crippen molar-refractivity contribution in [3.8, 4) is 0 Å². The SMILES string of the molecule is O=C(Nc1ccc2nc(C3CCC3)[nH]c2c1)c1ccc2c(c1)C(=O)N(Cc1ccco1)C2=O. The number of H-pyrrole nitrogens is 1. The first-order chi connectivity index (χ1) is 16.1. The number of carbonyl (C=O) groups is 3. The molecule has 164 valence electrons. The molecule has 1 aliphatic heterocycles. The number of benzene rings is 2. The Labute approximate surface area is 188 Å². The second-order valence-corrected chi connectivity index (χ2v) is 8.47. The Kier molecular flexibility index (Phi) is 4.39. The molecule has 2 aliphatic rings. The molecule has 1 fully saturated rings. The van der Waals surface area contributed by atoms with E-state index in [0.717, 1.165) is 34.6 Å². The Bertz CT molecular complexity index is 1420. The number of hydrogen-bond donors (Lipinski definition) is 2. The van der Waals surface area contributed by atoms with E-state index in [2.05, 4.69) is 15.3 Å². The van der Waals surface area contributed by atoms with Crippen molar-refractivity contribution in [2.75, 3.05) is 5.32 Å². The minimum atomic E-state index is -0.441. The van der Waals surface area contributed by atoms with Gasteiger partial charge >= 0.3 is 0 Å². The number of aromatic amines is 1. The summed E-state index contributed by atoms with van der Waals surface area (Å²) in [5, 5.41) is 2.87. The van der Waals surface area contributed by atoms with E-state index in [1.165, 1.54) is 24.8 Å². The number of furan rings is 1. The molecule has 2 aromatic heterocycles. The third-order valence-corrected chi connectivity index (χ3v) is 6.38. The Morgan fingerprint density at radius 3 is 2.70 bits per heavy atom. The maximum Gasteiger partial charge on any atom is 0.261 e. The average molecular weight is 440 g/mol. The summed E-state index contributed by atoms with van der Waals surface area (Å²) in [7, 11) is 0. The highest BCUT2D eigenvalue weighted by Gasteiger charge is 2.36. The number of amides is 3. The van der Waals surface area contributed by atoms with Crippen LogP contribution in [0.1, 0.15) is 67.8 Å². The number of rotatable bonds is 5. The highest BCUT2D eigenvalue weighted by atomic mass is 16.3. The number of imidazole rings is 1. The van der Waals surface area contributed by atoms with Crippen LogP contribution in [-0.4, -0.2) is 32.6 Å². The summed E-state index contributed by atoms with van der Waals surface area (Å²) in [4.78, 5) is 47.5. The first-order valence-electron chi connectivity index (χ1n) is 10.9. The van der Waals surface area contributed by atoms with Gasteiger partial charge in [-0.3, -0.25) is 19.3 Å². The van der Waals surface area contributed by atoms with Gasteiger partial charge < -0.3 is 14.7 Å². The van der Waals surface area contributed by atoms with E-state index >= 15 is 0 Å². The number of hydrogen-bond acceptors (Lipinski definition) is 5. The van der Waals surface area contributed by atoms with Crippen molar-refractivity contribution in [3.05, 3.63) is 83.1 Å². The molecule has 3 heterocycles. The molecule has 1 saturated carbocycles. The number of fused-ring (bicyclic) bond motifs is 2. The number of nitrogens with zero attached hydrogens (tertiary/aromatic N) is 2. The summed E-state index contributed by atoms with van der Waals surface area (Å²) in [6, 6.07) is 13.5. The van der Waals surface area contributed by atoms with Crippen molar-refractivity contribution in [3.63, 3.8) is 0 Å². The lowest BCUT2D eigenvalue weighted by Crippen LogP contribution is -2.28. The van der Waals surface area contributed by atoms with E-state index in [0.29, 0.717) is 22.9 Å². The summed E-state index contributed by atoms with van der Waals surface area (Å²) in [6.45, 7) is 0.0495. The smallest absolute Gasteiger partial charge is 0.261 e. The zero-order valence-corrected chi connectivity index (χ0v) is 17.6. The molecule has 0 saturated heterocycles. The standard InChI is InChI=1S/C25H20N4O4/c30-23(26-16-7-9-20-21(12-16)28-22(27-20)14-3-1-4-14)15-6-8-18-19(11-15)25(32)29(24(18)31)13-17-5-2-10-33-17/h2,5-12,14H,1,3-4,13H2,(H,26,30)(H,27,28). The zero-order valence-electron chi connectivity index (χ0n) is 17.6. The Balaban J connectivity index is 1.22. The van der Waals surface area contributed by atoms with Crippen LogP contribution in [0.15, 0.2) is 59.2 Å². The van der Waals surface area contributed by atoms with Crippen LogP contribution in [0.3, 0.4) is 0 Å². The van der Waals surface area contributed by atoms with Crippen molar-refractivity contribution in [2.24, 2.45) is 0 Å². The predicted octanol–water partition coefficient (Wildman–Crippen LogP) is 4.47. The van der Waals surface area contributed by atoms with Gasteiger partial charge in [-0.25, -0.2) is 4.98 Å². The third-order valence-electron chi connectivity index (χ3n) is 6.38. The normalized spacial score (nSPS) is 15.7. The van der Waals surface area contributed by atoms with E-state index < -0.39 is 11.8 Å². The lowest BCUT2D eigenvalue weighted by molar-refractivity contribution is 0.0631. The van der Waals surface area contributed by atoms with E-state index in [1.54, 1.807) is 24.3 Å². The summed E-state index contributed by atoms with van der Waals surface area (Å²) >= 11 is 0. The Hall–Kier alpha value is -4.20. The van der Waals surface area contributed by atoms with E-state index in [4.69, 9.17) is 4.42 Å². The van der Waals surface area contributed by atoms with E-state index in [-0.39, 0.29) is 23.6 Å². The third kappa shape index (κ3) is 3.31. The van der Waals surface area contributed by atoms with Crippen LogP contribution < -0.4 is 5.32 Å². The lowest BCUT2D eigenvalue weighted by Gasteiger charge is -2.22. The molecule has 2 aromatic carbocycles. The topological polar surface area (TPSA) is 108 Å². The molecule has 0 bridgehead atoms. The van der Waals surface area contributed by atoms with Crippen LogP contribution in [0.2, 0.25) is 0 Å². The van der Waals surface area contributed by atoms with Crippen LogP contribution in [0, 0.1) is 0 Å². The van der Waals surface area contributed by atoms with Crippen LogP contribution in [0.5, 0.6) is 0 Å². The molecule has 4 aromatic rings. The first-order valence-corrected chi connectivity index (χ1v) is 10.9. The second kappa shape index (κ2) is 7.44. The maximum atomic E-state index is 12.9. The second-order valence-electron chi connectivity index (χ2n) is 8.47. The molecular formula is C25H20N4O4. The van der Waals surface area contributed by atoms with Crippen LogP contribution in [0.25, 0.3) is 11.0 Å². The number of carbonyl (C=O) groups excluding carboxylic acids is 3. The van der Waals surface area contributed by atoms with Gasteiger partial charge in [-0.15, -0.1) is 0 Å². The highest BCUT2D eigenvalue weighted by Crippen LogP contribution is 2.35. The molecule has 0 unspecified atom stereocenters. The predicted molar refractivity (Wildman–Crippen MR) is 120 cm³/mol. The van der Waals surface area contributed by atoms with Gasteiger partial charge in [0.1, 0.15) is 11.6 Å². The minimum Gasteiger partial charge on any atom is -0.467 e. The number of imide groups is 1. The monoisotopic (exact) mass is 440 g/mol. The van der Waals surface area contributed by atoms with Crippen molar-refractivity contribution < 1.29 is 18.8 Å². The summed E-state index contributed by atoms with van der Waals surface area (Å²) in [5.74, 6) is 0.807. The fourth-order valence-corrected chi connectivity index (χ4v) is 4.32. The molecule has 2 N–H and O–H groups in total. The van der Waals surface area contributed by atoms with Gasteiger partial charge in [-0.2, -0.15) is 0 Å². The molecule has 3 amide bonds. The summed E-state index contributed by atoms with van der Waals surface area (Å²) in [6.07, 6.45) is 5.03. The van der Waals surface area contributed by atoms with Crippen LogP contribution in [0.4, 0.5) is 5.69 Å². The summed E-state index contributed by atoms with van der Waals surface area (Å²) < 4.78 is 5.26. The molecular weight excluding hydrogens is 420 g/mol. The van der Waals surface area contributed by atoms with Gasteiger partial charge in [0.15, 0.2) is 0 Å². The number of anilines is 1. The van der Waals surface area contributed by atoms with Crippen molar-refractivity contribution in [1.82, 2.24) is 14.9 Å². The van der Waals surface area contributed by atoms with Gasteiger partial charge in [0.2, 0.25) is 0 Å². The molecule has 0 radical (unpaired) electrons. The van der Waals surface area contributed by atoms with Gasteiger partial charge in [0.05, 0.1) is 35.0 Å². The highest BCUT2D eigenvalue weighted by molar-refractivity contribution is 6.22. The summed E-state index contributed by atoms with van der Waals surface area (Å²) in [5.41, 5.74) is 3.17. The number of nitrogens with one attached hydrogen (secondary N) is 2. The van der Waals surface area contributed by atoms with Crippen LogP contribution >= 0.6 is 0 Å². The molecule has 0 spiro atoms. The van der Waals surface area contributed by atoms with Crippen LogP contribution in [-0.2, 0) is 6.54 Å². The van der Waals surface area contributed by atoms with E-state index in [9.17, 15) is 14.4 Å². The molecule has 1 aliphatic carbocycles. The first kappa shape index (κ1) is 19.5. The van der Waals surface area contributed by atoms with Crippen molar-refractivity contribution in [1.29, 1.82) is 0 Å². The molecule has 6 rings (SSSR count). The Morgan fingerprint density at radius 1 is 1.09 bits per heavy atom. The molecule has 8 heteroatoms. The fraction of sp³-hybridized carbons (Fsp3) is 0.200. The maximum absolute atomic E-state index is 12.9. The largest absolute Gasteiger partial charge is 0.467 e. The number of aromatic nitrogens is 2. The average Bonchev–Trinajstić information content (AvgIpc) is 3.48. The van der Waals surface area contributed by atoms with Gasteiger partial charge in [-0.1, -0.05) is 6.42 Å². The van der Waals surface area contributed by atoms with Gasteiger partial charge in [-0.05, 0) is 61.4 Å².